The Hall–Kier alpha value is -3.26. The standard InChI is InChI=1S/C24H27N5O4S/c25-15-20-19-5-4-18(33-24(31)27-8-9-29-10-12-32-13-11-29)14-21(19)34-23(20)28-22(30)6-3-17-2-1-7-26-16-17/h1-3,6-7,16,18H,4-5,8-14H2,(H,27,31)(H,28,30)/b6-3+. The maximum Gasteiger partial charge on any atom is 0.407 e. The number of amides is 2. The Labute approximate surface area is 202 Å². The molecule has 1 aliphatic carbocycles. The molecule has 9 nitrogen and oxygen atoms in total. The fourth-order valence-corrected chi connectivity index (χ4v) is 5.26. The second kappa shape index (κ2) is 11.7. The highest BCUT2D eigenvalue weighted by molar-refractivity contribution is 7.16. The van der Waals surface area contributed by atoms with Crippen LogP contribution in [0, 0.1) is 11.3 Å². The first-order valence-electron chi connectivity index (χ1n) is 11.3. The van der Waals surface area contributed by atoms with Crippen molar-refractivity contribution in [3.8, 4) is 6.07 Å². The number of anilines is 1. The van der Waals surface area contributed by atoms with E-state index in [9.17, 15) is 14.9 Å². The summed E-state index contributed by atoms with van der Waals surface area (Å²) in [5.74, 6) is -0.314. The zero-order valence-corrected chi connectivity index (χ0v) is 19.6. The first-order chi connectivity index (χ1) is 16.6. The van der Waals surface area contributed by atoms with Crippen molar-refractivity contribution in [1.82, 2.24) is 15.2 Å². The first-order valence-corrected chi connectivity index (χ1v) is 12.1. The van der Waals surface area contributed by atoms with E-state index in [1.807, 2.05) is 6.07 Å². The van der Waals surface area contributed by atoms with Gasteiger partial charge < -0.3 is 20.1 Å². The SMILES string of the molecule is N#Cc1c(NC(=O)/C=C/c2cccnc2)sc2c1CCC(OC(=O)NCCN1CCOCC1)C2. The van der Waals surface area contributed by atoms with E-state index in [-0.39, 0.29) is 12.0 Å². The Morgan fingerprint density at radius 2 is 2.24 bits per heavy atom. The van der Waals surface area contributed by atoms with Crippen LogP contribution in [-0.4, -0.2) is 67.4 Å². The fourth-order valence-electron chi connectivity index (χ4n) is 4.00. The van der Waals surface area contributed by atoms with Gasteiger partial charge in [0.1, 0.15) is 17.2 Å². The lowest BCUT2D eigenvalue weighted by atomic mass is 9.94. The number of carbonyl (C=O) groups excluding carboxylic acids is 2. The van der Waals surface area contributed by atoms with E-state index < -0.39 is 6.09 Å². The van der Waals surface area contributed by atoms with Crippen LogP contribution in [0.15, 0.2) is 30.6 Å². The number of fused-ring (bicyclic) bond motifs is 1. The number of hydrogen-bond donors (Lipinski definition) is 2. The lowest BCUT2D eigenvalue weighted by Gasteiger charge is -2.27. The zero-order valence-electron chi connectivity index (χ0n) is 18.8. The predicted octanol–water partition coefficient (Wildman–Crippen LogP) is 2.58. The minimum Gasteiger partial charge on any atom is -0.446 e. The van der Waals surface area contributed by atoms with E-state index in [0.29, 0.717) is 36.4 Å². The molecule has 2 aromatic rings. The Balaban J connectivity index is 1.29. The van der Waals surface area contributed by atoms with Crippen molar-refractivity contribution in [3.05, 3.63) is 52.2 Å². The molecule has 2 aliphatic rings. The highest BCUT2D eigenvalue weighted by Crippen LogP contribution is 2.38. The van der Waals surface area contributed by atoms with E-state index in [1.54, 1.807) is 24.5 Å². The summed E-state index contributed by atoms with van der Waals surface area (Å²) in [6.07, 6.45) is 7.54. The Kier molecular flexibility index (Phi) is 8.25. The summed E-state index contributed by atoms with van der Waals surface area (Å²) >= 11 is 1.37. The van der Waals surface area contributed by atoms with Gasteiger partial charge in [0.15, 0.2) is 0 Å². The molecule has 0 aromatic carbocycles. The van der Waals surface area contributed by atoms with E-state index in [2.05, 4.69) is 26.6 Å². The van der Waals surface area contributed by atoms with Crippen molar-refractivity contribution in [2.45, 2.75) is 25.4 Å². The fraction of sp³-hybridized carbons (Fsp3) is 0.417. The number of carbonyl (C=O) groups is 2. The molecule has 0 saturated carbocycles. The van der Waals surface area contributed by atoms with Crippen LogP contribution in [0.3, 0.4) is 0 Å². The Morgan fingerprint density at radius 1 is 1.38 bits per heavy atom. The third-order valence-corrected chi connectivity index (χ3v) is 6.92. The lowest BCUT2D eigenvalue weighted by Crippen LogP contribution is -2.42. The van der Waals surface area contributed by atoms with Crippen LogP contribution in [-0.2, 0) is 27.1 Å². The molecule has 1 aliphatic heterocycles. The minimum absolute atomic E-state index is 0.255. The van der Waals surface area contributed by atoms with Gasteiger partial charge in [-0.2, -0.15) is 5.26 Å². The maximum absolute atomic E-state index is 12.4. The van der Waals surface area contributed by atoms with Crippen molar-refractivity contribution in [3.63, 3.8) is 0 Å². The summed E-state index contributed by atoms with van der Waals surface area (Å²) in [6, 6.07) is 5.87. The molecule has 4 rings (SSSR count). The van der Waals surface area contributed by atoms with Crippen LogP contribution in [0.4, 0.5) is 9.80 Å². The summed E-state index contributed by atoms with van der Waals surface area (Å²) < 4.78 is 10.9. The van der Waals surface area contributed by atoms with Crippen molar-refractivity contribution < 1.29 is 19.1 Å². The highest BCUT2D eigenvalue weighted by atomic mass is 32.1. The lowest BCUT2D eigenvalue weighted by molar-refractivity contribution is -0.111. The number of pyridine rings is 1. The number of aromatic nitrogens is 1. The van der Waals surface area contributed by atoms with Crippen molar-refractivity contribution in [2.24, 2.45) is 0 Å². The van der Waals surface area contributed by atoms with Crippen LogP contribution in [0.25, 0.3) is 6.08 Å². The van der Waals surface area contributed by atoms with E-state index >= 15 is 0 Å². The second-order valence-electron chi connectivity index (χ2n) is 8.08. The van der Waals surface area contributed by atoms with Gasteiger partial charge in [-0.25, -0.2) is 4.79 Å². The molecular formula is C24H27N5O4S. The van der Waals surface area contributed by atoms with Gasteiger partial charge in [-0.05, 0) is 36.1 Å². The monoisotopic (exact) mass is 481 g/mol. The van der Waals surface area contributed by atoms with Crippen LogP contribution in [0.1, 0.15) is 28.0 Å². The topological polar surface area (TPSA) is 117 Å². The van der Waals surface area contributed by atoms with Gasteiger partial charge >= 0.3 is 6.09 Å². The first kappa shape index (κ1) is 23.9. The van der Waals surface area contributed by atoms with Gasteiger partial charge in [-0.15, -0.1) is 11.3 Å². The van der Waals surface area contributed by atoms with Crippen molar-refractivity contribution >= 4 is 34.4 Å². The number of rotatable bonds is 7. The van der Waals surface area contributed by atoms with Crippen LogP contribution >= 0.6 is 11.3 Å². The molecule has 1 fully saturated rings. The van der Waals surface area contributed by atoms with Crippen LogP contribution < -0.4 is 10.6 Å². The second-order valence-corrected chi connectivity index (χ2v) is 9.18. The molecule has 34 heavy (non-hydrogen) atoms. The number of thiophene rings is 1. The van der Waals surface area contributed by atoms with Gasteiger partial charge in [0.25, 0.3) is 0 Å². The average molecular weight is 482 g/mol. The van der Waals surface area contributed by atoms with Gasteiger partial charge in [0, 0.05) is 55.9 Å². The van der Waals surface area contributed by atoms with Crippen LogP contribution in [0.2, 0.25) is 0 Å². The smallest absolute Gasteiger partial charge is 0.407 e. The van der Waals surface area contributed by atoms with E-state index in [1.165, 1.54) is 17.4 Å². The third-order valence-electron chi connectivity index (χ3n) is 5.75. The third kappa shape index (κ3) is 6.41. The number of nitrogens with zero attached hydrogens (tertiary/aromatic N) is 3. The maximum atomic E-state index is 12.4. The molecule has 178 valence electrons. The molecule has 0 radical (unpaired) electrons. The number of hydrogen-bond acceptors (Lipinski definition) is 8. The largest absolute Gasteiger partial charge is 0.446 e. The molecular weight excluding hydrogens is 454 g/mol. The van der Waals surface area contributed by atoms with Gasteiger partial charge in [-0.3, -0.25) is 14.7 Å². The predicted molar refractivity (Wildman–Crippen MR) is 128 cm³/mol. The normalized spacial score (nSPS) is 18.1. The molecule has 1 unspecified atom stereocenters. The Morgan fingerprint density at radius 3 is 3.00 bits per heavy atom. The Bertz CT molecular complexity index is 1070. The molecule has 1 atom stereocenters. The number of ether oxygens (including phenoxy) is 2. The molecule has 1 saturated heterocycles. The quantitative estimate of drug-likeness (QED) is 0.584. The molecule has 2 aromatic heterocycles. The van der Waals surface area contributed by atoms with Crippen LogP contribution in [0.5, 0.6) is 0 Å². The van der Waals surface area contributed by atoms with Gasteiger partial charge in [0.05, 0.1) is 18.8 Å². The summed E-state index contributed by atoms with van der Waals surface area (Å²) in [4.78, 5) is 31.8. The summed E-state index contributed by atoms with van der Waals surface area (Å²) in [7, 11) is 0. The van der Waals surface area contributed by atoms with E-state index in [4.69, 9.17) is 9.47 Å². The number of nitrogens with one attached hydrogen (secondary N) is 2. The zero-order chi connectivity index (χ0) is 23.8. The summed E-state index contributed by atoms with van der Waals surface area (Å²) in [5.41, 5.74) is 2.25. The molecule has 0 bridgehead atoms. The average Bonchev–Trinajstić information content (AvgIpc) is 3.20. The highest BCUT2D eigenvalue weighted by Gasteiger charge is 2.28. The molecule has 0 spiro atoms. The minimum atomic E-state index is -0.423. The van der Waals surface area contributed by atoms with Gasteiger partial charge in [0.2, 0.25) is 5.91 Å². The van der Waals surface area contributed by atoms with Crippen molar-refractivity contribution in [1.29, 1.82) is 5.26 Å². The molecule has 3 heterocycles. The summed E-state index contributed by atoms with van der Waals surface area (Å²) in [5, 5.41) is 15.8. The molecule has 2 amide bonds. The molecule has 10 heteroatoms. The number of alkyl carbamates (subject to hydrolysis) is 1. The summed E-state index contributed by atoms with van der Waals surface area (Å²) in [6.45, 7) is 4.49. The van der Waals surface area contributed by atoms with Gasteiger partial charge in [-0.1, -0.05) is 6.07 Å². The molecule has 2 N–H and O–H groups in total. The number of nitriles is 1. The van der Waals surface area contributed by atoms with E-state index in [0.717, 1.165) is 48.9 Å². The van der Waals surface area contributed by atoms with Crippen molar-refractivity contribution in [2.75, 3.05) is 44.7 Å². The number of morpholine rings is 1.